The third kappa shape index (κ3) is 30.8. The first kappa shape index (κ1) is 53.8. The molecule has 1 aromatic carbocycles. The summed E-state index contributed by atoms with van der Waals surface area (Å²) >= 11 is 0. The van der Waals surface area contributed by atoms with Gasteiger partial charge in [0.15, 0.2) is 0 Å². The molecule has 1 rings (SSSR count). The number of ether oxygens (including phenoxy) is 14. The Labute approximate surface area is 338 Å². The lowest BCUT2D eigenvalue weighted by Crippen LogP contribution is -2.16. The summed E-state index contributed by atoms with van der Waals surface area (Å²) in [6.45, 7) is 13.0. The Morgan fingerprint density at radius 3 is 0.810 bits per heavy atom. The summed E-state index contributed by atoms with van der Waals surface area (Å²) in [5.41, 5.74) is 0. The number of hydrogen-bond donors (Lipinski definition) is 0. The fourth-order valence-corrected chi connectivity index (χ4v) is 4.19. The highest BCUT2D eigenvalue weighted by atomic mass is 19.2. The zero-order chi connectivity index (χ0) is 42.2. The molecule has 0 aliphatic carbocycles. The van der Waals surface area contributed by atoms with E-state index in [9.17, 15) is 26.7 Å². The number of carbonyl (C=O) groups excluding carboxylic acids is 1. The number of carbonyl (C=O) groups is 1. The average molecular weight is 855 g/mol. The van der Waals surface area contributed by atoms with E-state index in [1.165, 1.54) is 12.8 Å². The van der Waals surface area contributed by atoms with Gasteiger partial charge in [0.1, 0.15) is 0 Å². The van der Waals surface area contributed by atoms with E-state index in [-0.39, 0.29) is 26.4 Å². The second kappa shape index (κ2) is 40.2. The van der Waals surface area contributed by atoms with Crippen LogP contribution in [-0.2, 0) is 66.4 Å². The summed E-state index contributed by atoms with van der Waals surface area (Å²) in [4.78, 5) is 11.7. The molecule has 58 heavy (non-hydrogen) atoms. The number of halogens is 5. The number of esters is 1. The van der Waals surface area contributed by atoms with Crippen molar-refractivity contribution < 1.29 is 93.1 Å². The van der Waals surface area contributed by atoms with Gasteiger partial charge in [0.05, 0.1) is 172 Å². The summed E-state index contributed by atoms with van der Waals surface area (Å²) < 4.78 is 141. The molecule has 0 saturated carbocycles. The second-order valence-electron chi connectivity index (χ2n) is 11.8. The van der Waals surface area contributed by atoms with Crippen molar-refractivity contribution in [2.45, 2.75) is 32.6 Å². The van der Waals surface area contributed by atoms with E-state index in [1.54, 1.807) is 0 Å². The van der Waals surface area contributed by atoms with Crippen molar-refractivity contribution >= 4 is 5.97 Å². The highest BCUT2D eigenvalue weighted by Crippen LogP contribution is 2.29. The summed E-state index contributed by atoms with van der Waals surface area (Å²) in [7, 11) is 0. The minimum absolute atomic E-state index is 0.0783. The first-order valence-electron chi connectivity index (χ1n) is 19.6. The number of hydrogen-bond acceptors (Lipinski definition) is 15. The van der Waals surface area contributed by atoms with E-state index in [0.717, 1.165) is 13.0 Å². The molecule has 0 aliphatic heterocycles. The third-order valence-corrected chi connectivity index (χ3v) is 7.19. The topological polar surface area (TPSA) is 146 Å². The number of rotatable bonds is 44. The molecule has 1 aromatic rings. The van der Waals surface area contributed by atoms with Crippen molar-refractivity contribution in [1.82, 2.24) is 0 Å². The van der Waals surface area contributed by atoms with Gasteiger partial charge in [0.25, 0.3) is 0 Å². The van der Waals surface area contributed by atoms with Crippen LogP contribution in [0.2, 0.25) is 0 Å². The lowest BCUT2D eigenvalue weighted by atomic mass is 10.2. The molecule has 0 N–H and O–H groups in total. The summed E-state index contributed by atoms with van der Waals surface area (Å²) in [5.74, 6) is -14.1. The summed E-state index contributed by atoms with van der Waals surface area (Å²) in [6, 6.07) is 0. The van der Waals surface area contributed by atoms with Gasteiger partial charge in [-0.3, -0.25) is 4.79 Å². The van der Waals surface area contributed by atoms with Gasteiger partial charge < -0.3 is 66.3 Å². The Bertz CT molecular complexity index is 1080. The van der Waals surface area contributed by atoms with Crippen LogP contribution >= 0.6 is 0 Å². The van der Waals surface area contributed by atoms with Crippen LogP contribution in [0.4, 0.5) is 22.0 Å². The first-order valence-corrected chi connectivity index (χ1v) is 19.6. The van der Waals surface area contributed by atoms with Crippen molar-refractivity contribution in [1.29, 1.82) is 0 Å². The van der Waals surface area contributed by atoms with Crippen LogP contribution in [0.25, 0.3) is 0 Å². The molecule has 0 atom stereocenters. The maximum atomic E-state index is 13.6. The maximum absolute atomic E-state index is 13.6. The van der Waals surface area contributed by atoms with E-state index in [0.29, 0.717) is 139 Å². The molecule has 0 unspecified atom stereocenters. The van der Waals surface area contributed by atoms with Crippen LogP contribution in [0, 0.1) is 29.1 Å². The fraction of sp³-hybridized carbons (Fsp3) is 0.816. The molecular formula is C38H63F5O15. The lowest BCUT2D eigenvalue weighted by molar-refractivity contribution is -0.136. The molecule has 0 aromatic heterocycles. The minimum atomic E-state index is -2.35. The van der Waals surface area contributed by atoms with E-state index in [4.69, 9.17) is 61.6 Å². The Hall–Kier alpha value is -2.18. The highest BCUT2D eigenvalue weighted by Gasteiger charge is 2.28. The van der Waals surface area contributed by atoms with Crippen LogP contribution in [0.5, 0.6) is 5.75 Å². The predicted molar refractivity (Wildman–Crippen MR) is 197 cm³/mol. The van der Waals surface area contributed by atoms with Crippen LogP contribution in [0.1, 0.15) is 32.6 Å². The SMILES string of the molecule is CCCCCOCCOCCOCCOCCOCCOCCOCCOCCOCCOCCOCCOCCOCCC(=O)Oc1c(F)c(F)c(F)c(F)c1F. The third-order valence-electron chi connectivity index (χ3n) is 7.19. The molecule has 0 spiro atoms. The largest absolute Gasteiger partial charge is 0.420 e. The second-order valence-corrected chi connectivity index (χ2v) is 11.8. The van der Waals surface area contributed by atoms with Crippen molar-refractivity contribution in [2.75, 3.05) is 172 Å². The molecular weight excluding hydrogens is 791 g/mol. The van der Waals surface area contributed by atoms with Crippen molar-refractivity contribution in [3.05, 3.63) is 29.1 Å². The maximum Gasteiger partial charge on any atom is 0.313 e. The Morgan fingerprint density at radius 2 is 0.552 bits per heavy atom. The Kier molecular flexibility index (Phi) is 37.4. The highest BCUT2D eigenvalue weighted by molar-refractivity contribution is 5.72. The van der Waals surface area contributed by atoms with Crippen LogP contribution in [0.3, 0.4) is 0 Å². The van der Waals surface area contributed by atoms with Gasteiger partial charge in [-0.05, 0) is 6.42 Å². The summed E-state index contributed by atoms with van der Waals surface area (Å²) in [6.07, 6.45) is 3.00. The van der Waals surface area contributed by atoms with Crippen molar-refractivity contribution in [3.63, 3.8) is 0 Å². The predicted octanol–water partition coefficient (Wildman–Crippen LogP) is 4.08. The average Bonchev–Trinajstić information content (AvgIpc) is 3.22. The van der Waals surface area contributed by atoms with Crippen molar-refractivity contribution in [3.8, 4) is 5.75 Å². The van der Waals surface area contributed by atoms with Gasteiger partial charge in [0.2, 0.25) is 34.8 Å². The molecule has 0 aliphatic rings. The van der Waals surface area contributed by atoms with Gasteiger partial charge in [-0.25, -0.2) is 13.2 Å². The molecule has 340 valence electrons. The molecule has 20 heteroatoms. The van der Waals surface area contributed by atoms with E-state index < -0.39 is 47.2 Å². The molecule has 0 saturated heterocycles. The quantitative estimate of drug-likeness (QED) is 0.0232. The standard InChI is InChI=1S/C38H63F5O15/c1-2-3-4-6-45-8-10-47-12-14-49-16-18-51-20-22-53-24-26-55-28-30-57-31-29-56-27-25-54-23-21-52-19-17-50-15-13-48-11-9-46-7-5-32(44)58-38-36(42)34(40)33(39)35(41)37(38)43/h2-31H2,1H3. The fourth-order valence-electron chi connectivity index (χ4n) is 4.19. The van der Waals surface area contributed by atoms with Crippen LogP contribution < -0.4 is 4.74 Å². The van der Waals surface area contributed by atoms with Crippen molar-refractivity contribution in [2.24, 2.45) is 0 Å². The number of benzene rings is 1. The Balaban J connectivity index is 1.69. The molecule has 0 radical (unpaired) electrons. The van der Waals surface area contributed by atoms with E-state index in [2.05, 4.69) is 11.7 Å². The van der Waals surface area contributed by atoms with Gasteiger partial charge in [-0.2, -0.15) is 8.78 Å². The van der Waals surface area contributed by atoms with E-state index >= 15 is 0 Å². The van der Waals surface area contributed by atoms with Crippen LogP contribution in [0.15, 0.2) is 0 Å². The zero-order valence-electron chi connectivity index (χ0n) is 33.7. The summed E-state index contributed by atoms with van der Waals surface area (Å²) in [5, 5.41) is 0. The molecule has 0 amide bonds. The van der Waals surface area contributed by atoms with Gasteiger partial charge in [-0.15, -0.1) is 0 Å². The van der Waals surface area contributed by atoms with Crippen LogP contribution in [-0.4, -0.2) is 178 Å². The molecule has 15 nitrogen and oxygen atoms in total. The molecule has 0 fully saturated rings. The van der Waals surface area contributed by atoms with Gasteiger partial charge in [0, 0.05) is 6.61 Å². The van der Waals surface area contributed by atoms with E-state index in [1.807, 2.05) is 0 Å². The Morgan fingerprint density at radius 1 is 0.328 bits per heavy atom. The minimum Gasteiger partial charge on any atom is -0.420 e. The monoisotopic (exact) mass is 854 g/mol. The van der Waals surface area contributed by atoms with Gasteiger partial charge in [-0.1, -0.05) is 19.8 Å². The normalized spacial score (nSPS) is 11.6. The molecule has 0 heterocycles. The first-order chi connectivity index (χ1) is 28.4. The van der Waals surface area contributed by atoms with Gasteiger partial charge >= 0.3 is 5.97 Å². The zero-order valence-corrected chi connectivity index (χ0v) is 33.7. The smallest absolute Gasteiger partial charge is 0.313 e. The number of unbranched alkanes of at least 4 members (excludes halogenated alkanes) is 2. The lowest BCUT2D eigenvalue weighted by Gasteiger charge is -2.09. The molecule has 0 bridgehead atoms.